The van der Waals surface area contributed by atoms with E-state index in [1.807, 2.05) is 26.0 Å². The Morgan fingerprint density at radius 3 is 1.70 bits per heavy atom. The van der Waals surface area contributed by atoms with Gasteiger partial charge in [-0.3, -0.25) is 0 Å². The van der Waals surface area contributed by atoms with E-state index in [9.17, 15) is 0 Å². The average molecular weight is 269 g/mol. The maximum Gasteiger partial charge on any atom is 0.0630 e. The first-order valence-electron chi connectivity index (χ1n) is 7.15. The molecule has 0 spiro atoms. The fourth-order valence-corrected chi connectivity index (χ4v) is 2.41. The van der Waals surface area contributed by atoms with Crippen LogP contribution in [-0.4, -0.2) is 18.8 Å². The average Bonchev–Trinajstić information content (AvgIpc) is 2.48. The van der Waals surface area contributed by atoms with Gasteiger partial charge in [-0.25, -0.2) is 0 Å². The van der Waals surface area contributed by atoms with Crippen molar-refractivity contribution < 1.29 is 4.74 Å². The van der Waals surface area contributed by atoms with Crippen molar-refractivity contribution in [2.45, 2.75) is 31.9 Å². The molecule has 0 saturated carbocycles. The Morgan fingerprint density at radius 2 is 1.30 bits per heavy atom. The highest BCUT2D eigenvalue weighted by Crippen LogP contribution is 2.27. The van der Waals surface area contributed by atoms with Crippen LogP contribution in [0.4, 0.5) is 0 Å². The summed E-state index contributed by atoms with van der Waals surface area (Å²) in [7, 11) is 0. The van der Waals surface area contributed by atoms with Gasteiger partial charge < -0.3 is 10.5 Å². The summed E-state index contributed by atoms with van der Waals surface area (Å²) < 4.78 is 5.70. The van der Waals surface area contributed by atoms with Crippen molar-refractivity contribution >= 4 is 0 Å². The molecule has 2 nitrogen and oxygen atoms in total. The number of hydrogen-bond donors (Lipinski definition) is 1. The van der Waals surface area contributed by atoms with E-state index >= 15 is 0 Å². The van der Waals surface area contributed by atoms with E-state index in [1.165, 1.54) is 11.1 Å². The summed E-state index contributed by atoms with van der Waals surface area (Å²) in [5.74, 6) is 0.163. The van der Waals surface area contributed by atoms with E-state index in [0.717, 1.165) is 0 Å². The molecule has 2 heteroatoms. The smallest absolute Gasteiger partial charge is 0.0630 e. The fraction of sp³-hybridized carbons (Fsp3) is 0.333. The van der Waals surface area contributed by atoms with Crippen LogP contribution in [0.5, 0.6) is 0 Å². The van der Waals surface area contributed by atoms with E-state index in [-0.39, 0.29) is 18.1 Å². The molecule has 20 heavy (non-hydrogen) atoms. The Balaban J connectivity index is 2.25. The maximum absolute atomic E-state index is 6.41. The molecule has 2 aromatic carbocycles. The normalized spacial score (nSPS) is 12.8. The highest BCUT2D eigenvalue weighted by atomic mass is 16.5. The molecule has 0 aliphatic carbocycles. The summed E-state index contributed by atoms with van der Waals surface area (Å²) in [4.78, 5) is 0. The first-order chi connectivity index (χ1) is 9.68. The SMILES string of the molecule is CC(C)OCC(N)C(c1ccccc1)c1ccccc1. The molecule has 2 N–H and O–H groups in total. The molecule has 0 aliphatic rings. The van der Waals surface area contributed by atoms with Gasteiger partial charge in [-0.1, -0.05) is 60.7 Å². The highest BCUT2D eigenvalue weighted by Gasteiger charge is 2.22. The summed E-state index contributed by atoms with van der Waals surface area (Å²) in [6.07, 6.45) is 0.202. The second-order valence-electron chi connectivity index (χ2n) is 5.34. The van der Waals surface area contributed by atoms with Crippen LogP contribution in [0.3, 0.4) is 0 Å². The van der Waals surface area contributed by atoms with E-state index < -0.39 is 0 Å². The van der Waals surface area contributed by atoms with Gasteiger partial charge in [0, 0.05) is 12.0 Å². The Bertz CT molecular complexity index is 456. The van der Waals surface area contributed by atoms with Crippen molar-refractivity contribution in [3.05, 3.63) is 71.8 Å². The largest absolute Gasteiger partial charge is 0.377 e. The Hall–Kier alpha value is -1.64. The van der Waals surface area contributed by atoms with Crippen molar-refractivity contribution in [3.63, 3.8) is 0 Å². The minimum absolute atomic E-state index is 0.0535. The molecule has 0 saturated heterocycles. The van der Waals surface area contributed by atoms with Gasteiger partial charge in [0.2, 0.25) is 0 Å². The first kappa shape index (κ1) is 14.8. The van der Waals surface area contributed by atoms with Crippen molar-refractivity contribution in [3.8, 4) is 0 Å². The molecule has 0 bridgehead atoms. The lowest BCUT2D eigenvalue weighted by Gasteiger charge is -2.25. The molecule has 106 valence electrons. The minimum atomic E-state index is -0.0535. The van der Waals surface area contributed by atoms with E-state index in [1.54, 1.807) is 0 Å². The van der Waals surface area contributed by atoms with Crippen LogP contribution < -0.4 is 5.73 Å². The molecule has 0 aromatic heterocycles. The monoisotopic (exact) mass is 269 g/mol. The van der Waals surface area contributed by atoms with Crippen LogP contribution in [0.15, 0.2) is 60.7 Å². The second-order valence-corrected chi connectivity index (χ2v) is 5.34. The third-order valence-electron chi connectivity index (χ3n) is 3.37. The van der Waals surface area contributed by atoms with Crippen LogP contribution >= 0.6 is 0 Å². The molecular formula is C18H23NO. The van der Waals surface area contributed by atoms with Gasteiger partial charge in [0.1, 0.15) is 0 Å². The molecular weight excluding hydrogens is 246 g/mol. The predicted molar refractivity (Wildman–Crippen MR) is 83.8 cm³/mol. The summed E-state index contributed by atoms with van der Waals surface area (Å²) in [5.41, 5.74) is 8.87. The molecule has 1 atom stereocenters. The maximum atomic E-state index is 6.41. The third kappa shape index (κ3) is 3.92. The van der Waals surface area contributed by atoms with Crippen molar-refractivity contribution in [1.29, 1.82) is 0 Å². The highest BCUT2D eigenvalue weighted by molar-refractivity contribution is 5.34. The van der Waals surface area contributed by atoms with Gasteiger partial charge in [-0.2, -0.15) is 0 Å². The Labute approximate surface area is 121 Å². The topological polar surface area (TPSA) is 35.2 Å². The first-order valence-corrected chi connectivity index (χ1v) is 7.15. The number of rotatable bonds is 6. The zero-order chi connectivity index (χ0) is 14.4. The number of benzene rings is 2. The molecule has 2 rings (SSSR count). The zero-order valence-electron chi connectivity index (χ0n) is 12.2. The lowest BCUT2D eigenvalue weighted by atomic mass is 9.86. The van der Waals surface area contributed by atoms with Crippen LogP contribution in [0.2, 0.25) is 0 Å². The molecule has 1 unspecified atom stereocenters. The molecule has 0 aliphatic heterocycles. The van der Waals surface area contributed by atoms with Crippen molar-refractivity contribution in [2.24, 2.45) is 5.73 Å². The van der Waals surface area contributed by atoms with Gasteiger partial charge in [0.15, 0.2) is 0 Å². The van der Waals surface area contributed by atoms with Gasteiger partial charge in [0.05, 0.1) is 12.7 Å². The molecule has 0 amide bonds. The molecule has 0 heterocycles. The number of ether oxygens (including phenoxy) is 1. The van der Waals surface area contributed by atoms with Crippen LogP contribution in [0.25, 0.3) is 0 Å². The lowest BCUT2D eigenvalue weighted by molar-refractivity contribution is 0.0656. The van der Waals surface area contributed by atoms with E-state index in [4.69, 9.17) is 10.5 Å². The summed E-state index contributed by atoms with van der Waals surface area (Å²) in [6, 6.07) is 20.8. The predicted octanol–water partition coefficient (Wildman–Crippen LogP) is 3.57. The van der Waals surface area contributed by atoms with Gasteiger partial charge in [-0.15, -0.1) is 0 Å². The van der Waals surface area contributed by atoms with Gasteiger partial charge in [0.25, 0.3) is 0 Å². The van der Waals surface area contributed by atoms with E-state index in [2.05, 4.69) is 48.5 Å². The number of nitrogens with two attached hydrogens (primary N) is 1. The van der Waals surface area contributed by atoms with Crippen molar-refractivity contribution in [1.82, 2.24) is 0 Å². The summed E-state index contributed by atoms with van der Waals surface area (Å²) in [5, 5.41) is 0. The standard InChI is InChI=1S/C18H23NO/c1-14(2)20-13-17(19)18(15-9-5-3-6-10-15)16-11-7-4-8-12-16/h3-12,14,17-18H,13,19H2,1-2H3. The number of hydrogen-bond acceptors (Lipinski definition) is 2. The lowest BCUT2D eigenvalue weighted by Crippen LogP contribution is -2.35. The quantitative estimate of drug-likeness (QED) is 0.870. The van der Waals surface area contributed by atoms with Crippen LogP contribution in [-0.2, 0) is 4.74 Å². The van der Waals surface area contributed by atoms with E-state index in [0.29, 0.717) is 6.61 Å². The van der Waals surface area contributed by atoms with Crippen molar-refractivity contribution in [2.75, 3.05) is 6.61 Å². The second kappa shape index (κ2) is 7.22. The minimum Gasteiger partial charge on any atom is -0.377 e. The van der Waals surface area contributed by atoms with Gasteiger partial charge >= 0.3 is 0 Å². The molecule has 0 radical (unpaired) electrons. The molecule has 2 aromatic rings. The van der Waals surface area contributed by atoms with Crippen LogP contribution in [0.1, 0.15) is 30.9 Å². The Morgan fingerprint density at radius 1 is 0.850 bits per heavy atom. The summed E-state index contributed by atoms with van der Waals surface area (Å²) in [6.45, 7) is 4.63. The molecule has 0 fully saturated rings. The third-order valence-corrected chi connectivity index (χ3v) is 3.37. The fourth-order valence-electron chi connectivity index (χ4n) is 2.41. The van der Waals surface area contributed by atoms with Crippen LogP contribution in [0, 0.1) is 0 Å². The Kier molecular flexibility index (Phi) is 5.33. The summed E-state index contributed by atoms with van der Waals surface area (Å²) >= 11 is 0. The zero-order valence-corrected chi connectivity index (χ0v) is 12.2. The van der Waals surface area contributed by atoms with Gasteiger partial charge in [-0.05, 0) is 25.0 Å².